The Morgan fingerprint density at radius 1 is 1.00 bits per heavy atom. The van der Waals surface area contributed by atoms with Gasteiger partial charge in [-0.3, -0.25) is 4.79 Å². The summed E-state index contributed by atoms with van der Waals surface area (Å²) < 4.78 is 0. The van der Waals surface area contributed by atoms with Crippen molar-refractivity contribution in [2.75, 3.05) is 6.26 Å². The Labute approximate surface area is 122 Å². The summed E-state index contributed by atoms with van der Waals surface area (Å²) >= 11 is 7.38. The predicted molar refractivity (Wildman–Crippen MR) is 83.7 cm³/mol. The highest BCUT2D eigenvalue weighted by atomic mass is 35.5. The summed E-state index contributed by atoms with van der Waals surface area (Å²) in [5, 5.41) is 0.633. The van der Waals surface area contributed by atoms with Crippen molar-refractivity contribution in [3.05, 3.63) is 76.8 Å². The van der Waals surface area contributed by atoms with E-state index < -0.39 is 0 Å². The number of rotatable bonds is 4. The van der Waals surface area contributed by atoms with Crippen molar-refractivity contribution in [3.8, 4) is 0 Å². The number of allylic oxidation sites excluding steroid dienone is 1. The highest BCUT2D eigenvalue weighted by molar-refractivity contribution is 8.07. The van der Waals surface area contributed by atoms with Crippen LogP contribution in [0.25, 0.3) is 4.91 Å². The summed E-state index contributed by atoms with van der Waals surface area (Å²) in [6.07, 6.45) is 3.64. The van der Waals surface area contributed by atoms with Crippen LogP contribution in [0, 0.1) is 0 Å². The van der Waals surface area contributed by atoms with Gasteiger partial charge in [0, 0.05) is 21.6 Å². The zero-order valence-electron chi connectivity index (χ0n) is 10.5. The standard InChI is InChI=1S/C16H13ClOS/c1-19-16(13-5-3-2-4-6-13)11-15(18)12-7-9-14(17)10-8-12/h2-11H,1H3/b16-11-. The number of carbonyl (C=O) groups is 1. The molecule has 0 atom stereocenters. The van der Waals surface area contributed by atoms with Crippen LogP contribution in [0.2, 0.25) is 5.02 Å². The SMILES string of the molecule is CS/C(=C\C(=O)c1ccc(Cl)cc1)c1ccccc1. The monoisotopic (exact) mass is 288 g/mol. The first-order valence-electron chi connectivity index (χ1n) is 5.81. The van der Waals surface area contributed by atoms with Crippen molar-refractivity contribution in [3.63, 3.8) is 0 Å². The van der Waals surface area contributed by atoms with Crippen LogP contribution in [-0.4, -0.2) is 12.0 Å². The van der Waals surface area contributed by atoms with Gasteiger partial charge in [-0.15, -0.1) is 11.8 Å². The summed E-state index contributed by atoms with van der Waals surface area (Å²) in [5.41, 5.74) is 1.70. The summed E-state index contributed by atoms with van der Waals surface area (Å²) in [7, 11) is 0. The molecule has 0 spiro atoms. The molecular formula is C16H13ClOS. The number of thioether (sulfide) groups is 1. The first kappa shape index (κ1) is 13.9. The molecule has 96 valence electrons. The molecule has 0 heterocycles. The van der Waals surface area contributed by atoms with Crippen molar-refractivity contribution in [2.45, 2.75) is 0 Å². The Bertz CT molecular complexity index is 588. The average Bonchev–Trinajstić information content (AvgIpc) is 2.46. The van der Waals surface area contributed by atoms with Crippen molar-refractivity contribution in [1.82, 2.24) is 0 Å². The van der Waals surface area contributed by atoms with Crippen LogP contribution in [-0.2, 0) is 0 Å². The van der Waals surface area contributed by atoms with Crippen LogP contribution in [0.1, 0.15) is 15.9 Å². The Balaban J connectivity index is 2.28. The summed E-state index contributed by atoms with van der Waals surface area (Å²) in [6.45, 7) is 0. The molecule has 0 saturated carbocycles. The first-order valence-corrected chi connectivity index (χ1v) is 7.42. The quantitative estimate of drug-likeness (QED) is 0.586. The molecule has 0 unspecified atom stereocenters. The Kier molecular flexibility index (Phi) is 4.83. The molecule has 2 aromatic carbocycles. The van der Waals surface area contributed by atoms with Crippen molar-refractivity contribution in [2.24, 2.45) is 0 Å². The fraction of sp³-hybridized carbons (Fsp3) is 0.0625. The van der Waals surface area contributed by atoms with Gasteiger partial charge in [0.15, 0.2) is 5.78 Å². The normalized spacial score (nSPS) is 11.4. The van der Waals surface area contributed by atoms with Gasteiger partial charge in [0.2, 0.25) is 0 Å². The van der Waals surface area contributed by atoms with Gasteiger partial charge in [-0.05, 0) is 36.1 Å². The topological polar surface area (TPSA) is 17.1 Å². The van der Waals surface area contributed by atoms with Crippen LogP contribution in [0.3, 0.4) is 0 Å². The van der Waals surface area contributed by atoms with E-state index in [-0.39, 0.29) is 5.78 Å². The Morgan fingerprint density at radius 2 is 1.63 bits per heavy atom. The van der Waals surface area contributed by atoms with E-state index in [1.807, 2.05) is 36.6 Å². The second kappa shape index (κ2) is 6.60. The molecule has 0 aromatic heterocycles. The largest absolute Gasteiger partial charge is 0.289 e. The lowest BCUT2D eigenvalue weighted by Gasteiger charge is -2.04. The molecule has 0 amide bonds. The fourth-order valence-electron chi connectivity index (χ4n) is 1.68. The van der Waals surface area contributed by atoms with Crippen molar-refractivity contribution in [1.29, 1.82) is 0 Å². The maximum atomic E-state index is 12.2. The second-order valence-electron chi connectivity index (χ2n) is 3.95. The summed E-state index contributed by atoms with van der Waals surface area (Å²) in [6, 6.07) is 16.8. The molecule has 0 fully saturated rings. The van der Waals surface area contributed by atoms with E-state index in [2.05, 4.69) is 0 Å². The van der Waals surface area contributed by atoms with Crippen molar-refractivity contribution >= 4 is 34.1 Å². The average molecular weight is 289 g/mol. The minimum Gasteiger partial charge on any atom is -0.289 e. The lowest BCUT2D eigenvalue weighted by molar-refractivity contribution is 0.104. The van der Waals surface area contributed by atoms with Gasteiger partial charge >= 0.3 is 0 Å². The first-order chi connectivity index (χ1) is 9.20. The third-order valence-electron chi connectivity index (χ3n) is 2.67. The number of halogens is 1. The number of hydrogen-bond acceptors (Lipinski definition) is 2. The van der Waals surface area contributed by atoms with Gasteiger partial charge in [-0.1, -0.05) is 41.9 Å². The molecule has 0 saturated heterocycles. The Hall–Kier alpha value is -1.51. The van der Waals surface area contributed by atoms with E-state index in [1.165, 1.54) is 0 Å². The molecule has 19 heavy (non-hydrogen) atoms. The molecular weight excluding hydrogens is 276 g/mol. The van der Waals surface area contributed by atoms with Crippen LogP contribution >= 0.6 is 23.4 Å². The zero-order valence-corrected chi connectivity index (χ0v) is 12.0. The predicted octanol–water partition coefficient (Wildman–Crippen LogP) is 4.93. The van der Waals surface area contributed by atoms with Gasteiger partial charge in [0.05, 0.1) is 0 Å². The van der Waals surface area contributed by atoms with E-state index in [4.69, 9.17) is 11.6 Å². The molecule has 0 N–H and O–H groups in total. The van der Waals surface area contributed by atoms with E-state index >= 15 is 0 Å². The third kappa shape index (κ3) is 3.72. The van der Waals surface area contributed by atoms with Crippen molar-refractivity contribution < 1.29 is 4.79 Å². The number of hydrogen-bond donors (Lipinski definition) is 0. The fourth-order valence-corrected chi connectivity index (χ4v) is 2.40. The van der Waals surface area contributed by atoms with Gasteiger partial charge in [-0.2, -0.15) is 0 Å². The molecule has 2 rings (SSSR count). The van der Waals surface area contributed by atoms with Gasteiger partial charge < -0.3 is 0 Å². The van der Waals surface area contributed by atoms with Crippen LogP contribution in [0.5, 0.6) is 0 Å². The molecule has 0 radical (unpaired) electrons. The lowest BCUT2D eigenvalue weighted by atomic mass is 10.1. The smallest absolute Gasteiger partial charge is 0.186 e. The molecule has 0 aliphatic carbocycles. The number of benzene rings is 2. The van der Waals surface area contributed by atoms with E-state index in [9.17, 15) is 4.79 Å². The molecule has 0 aliphatic heterocycles. The zero-order chi connectivity index (χ0) is 13.7. The highest BCUT2D eigenvalue weighted by Gasteiger charge is 2.06. The number of ketones is 1. The van der Waals surface area contributed by atoms with E-state index in [0.717, 1.165) is 10.5 Å². The van der Waals surface area contributed by atoms with Gasteiger partial charge in [-0.25, -0.2) is 0 Å². The van der Waals surface area contributed by atoms with Crippen LogP contribution in [0.4, 0.5) is 0 Å². The molecule has 0 bridgehead atoms. The minimum atomic E-state index is -0.00938. The van der Waals surface area contributed by atoms with Gasteiger partial charge in [0.1, 0.15) is 0 Å². The third-order valence-corrected chi connectivity index (χ3v) is 3.71. The summed E-state index contributed by atoms with van der Waals surface area (Å²) in [5.74, 6) is -0.00938. The molecule has 3 heteroatoms. The van der Waals surface area contributed by atoms with Crippen LogP contribution in [0.15, 0.2) is 60.7 Å². The van der Waals surface area contributed by atoms with E-state index in [1.54, 1.807) is 42.1 Å². The maximum absolute atomic E-state index is 12.2. The number of carbonyl (C=O) groups excluding carboxylic acids is 1. The highest BCUT2D eigenvalue weighted by Crippen LogP contribution is 2.25. The van der Waals surface area contributed by atoms with E-state index in [0.29, 0.717) is 10.6 Å². The minimum absolute atomic E-state index is 0.00938. The lowest BCUT2D eigenvalue weighted by Crippen LogP contribution is -1.95. The molecule has 1 nitrogen and oxygen atoms in total. The molecule has 2 aromatic rings. The second-order valence-corrected chi connectivity index (χ2v) is 5.23. The Morgan fingerprint density at radius 3 is 2.21 bits per heavy atom. The molecule has 0 aliphatic rings. The van der Waals surface area contributed by atoms with Crippen LogP contribution < -0.4 is 0 Å². The maximum Gasteiger partial charge on any atom is 0.186 e. The summed E-state index contributed by atoms with van der Waals surface area (Å²) in [4.78, 5) is 13.1. The van der Waals surface area contributed by atoms with Gasteiger partial charge in [0.25, 0.3) is 0 Å².